The number of allylic oxidation sites excluding steroid dienone is 1. The molecule has 0 saturated carbocycles. The van der Waals surface area contributed by atoms with Crippen LogP contribution in [0.3, 0.4) is 0 Å². The molecule has 4 rings (SSSR count). The summed E-state index contributed by atoms with van der Waals surface area (Å²) in [5.41, 5.74) is 10.1. The molecular formula is C30H30N6O4. The van der Waals surface area contributed by atoms with Gasteiger partial charge in [-0.3, -0.25) is 19.6 Å². The molecule has 3 aromatic heterocycles. The number of Topliss-reactive ketones (excluding diaryl/α,β-unsaturated/α-hetero) is 1. The summed E-state index contributed by atoms with van der Waals surface area (Å²) in [6.45, 7) is 1.55. The number of carbonyl (C=O) groups is 2. The van der Waals surface area contributed by atoms with E-state index in [0.717, 1.165) is 16.8 Å². The van der Waals surface area contributed by atoms with E-state index in [1.54, 1.807) is 41.6 Å². The SMILES string of the molecule is COc1cnc(-c2cccc(NCOc3cnc(-c4ccnc(N)c4)cc3C(=O)/C=C/N(C)C)c2)cc1C(C)=O. The average molecular weight is 539 g/mol. The second kappa shape index (κ2) is 12.5. The molecule has 0 amide bonds. The minimum atomic E-state index is -0.233. The number of nitrogen functional groups attached to an aromatic ring is 1. The smallest absolute Gasteiger partial charge is 0.191 e. The number of hydrogen-bond acceptors (Lipinski definition) is 10. The molecule has 0 bridgehead atoms. The van der Waals surface area contributed by atoms with Crippen molar-refractivity contribution in [2.45, 2.75) is 6.92 Å². The molecule has 0 fully saturated rings. The molecule has 0 saturated heterocycles. The van der Waals surface area contributed by atoms with Crippen LogP contribution in [0.2, 0.25) is 0 Å². The first-order chi connectivity index (χ1) is 19.2. The van der Waals surface area contributed by atoms with E-state index in [0.29, 0.717) is 39.8 Å². The zero-order valence-corrected chi connectivity index (χ0v) is 22.7. The molecule has 0 unspecified atom stereocenters. The Kier molecular flexibility index (Phi) is 8.70. The summed E-state index contributed by atoms with van der Waals surface area (Å²) in [5.74, 6) is 0.764. The summed E-state index contributed by atoms with van der Waals surface area (Å²) >= 11 is 0. The van der Waals surface area contributed by atoms with Crippen molar-refractivity contribution in [3.8, 4) is 34.0 Å². The van der Waals surface area contributed by atoms with Gasteiger partial charge < -0.3 is 25.4 Å². The Morgan fingerprint density at radius 3 is 2.33 bits per heavy atom. The van der Waals surface area contributed by atoms with E-state index in [1.165, 1.54) is 32.5 Å². The Labute approximate surface area is 232 Å². The highest BCUT2D eigenvalue weighted by Crippen LogP contribution is 2.28. The predicted molar refractivity (Wildman–Crippen MR) is 154 cm³/mol. The van der Waals surface area contributed by atoms with Crippen LogP contribution in [-0.4, -0.2) is 59.4 Å². The van der Waals surface area contributed by atoms with Crippen molar-refractivity contribution in [1.29, 1.82) is 0 Å². The number of methoxy groups -OCH3 is 1. The maximum atomic E-state index is 13.1. The summed E-state index contributed by atoms with van der Waals surface area (Å²) in [4.78, 5) is 39.8. The third-order valence-electron chi connectivity index (χ3n) is 5.86. The lowest BCUT2D eigenvalue weighted by Crippen LogP contribution is -2.12. The molecule has 10 nitrogen and oxygen atoms in total. The monoisotopic (exact) mass is 538 g/mol. The Morgan fingerprint density at radius 2 is 1.65 bits per heavy atom. The average Bonchev–Trinajstić information content (AvgIpc) is 2.95. The number of ketones is 2. The van der Waals surface area contributed by atoms with Crippen LogP contribution in [0.1, 0.15) is 27.6 Å². The fourth-order valence-corrected chi connectivity index (χ4v) is 3.85. The fourth-order valence-electron chi connectivity index (χ4n) is 3.85. The normalized spacial score (nSPS) is 10.8. The minimum Gasteiger partial charge on any atom is -0.494 e. The maximum Gasteiger partial charge on any atom is 0.191 e. The van der Waals surface area contributed by atoms with Gasteiger partial charge in [0.25, 0.3) is 0 Å². The first-order valence-corrected chi connectivity index (χ1v) is 12.4. The van der Waals surface area contributed by atoms with E-state index in [-0.39, 0.29) is 18.3 Å². The molecule has 0 spiro atoms. The number of carbonyl (C=O) groups excluding carboxylic acids is 2. The van der Waals surface area contributed by atoms with Crippen LogP contribution in [0.25, 0.3) is 22.5 Å². The number of pyridine rings is 3. The molecule has 3 heterocycles. The van der Waals surface area contributed by atoms with Crippen molar-refractivity contribution in [2.75, 3.05) is 39.0 Å². The van der Waals surface area contributed by atoms with Crippen LogP contribution < -0.4 is 20.5 Å². The molecule has 3 N–H and O–H groups in total. The molecule has 204 valence electrons. The first kappa shape index (κ1) is 27.8. The van der Waals surface area contributed by atoms with E-state index in [1.807, 2.05) is 38.4 Å². The van der Waals surface area contributed by atoms with Gasteiger partial charge in [0.1, 0.15) is 11.6 Å². The fraction of sp³-hybridized carbons (Fsp3) is 0.167. The molecule has 1 aromatic carbocycles. The topological polar surface area (TPSA) is 133 Å². The summed E-state index contributed by atoms with van der Waals surface area (Å²) in [6, 6.07) is 14.4. The molecule has 0 radical (unpaired) electrons. The molecule has 0 aliphatic heterocycles. The second-order valence-electron chi connectivity index (χ2n) is 9.05. The highest BCUT2D eigenvalue weighted by atomic mass is 16.5. The summed E-state index contributed by atoms with van der Waals surface area (Å²) in [6.07, 6.45) is 7.79. The van der Waals surface area contributed by atoms with Gasteiger partial charge in [-0.05, 0) is 43.3 Å². The van der Waals surface area contributed by atoms with Crippen molar-refractivity contribution in [3.05, 3.63) is 90.5 Å². The number of benzene rings is 1. The van der Waals surface area contributed by atoms with E-state index in [9.17, 15) is 9.59 Å². The zero-order chi connectivity index (χ0) is 28.6. The largest absolute Gasteiger partial charge is 0.494 e. The van der Waals surface area contributed by atoms with Crippen molar-refractivity contribution in [1.82, 2.24) is 19.9 Å². The number of rotatable bonds is 11. The van der Waals surface area contributed by atoms with Crippen molar-refractivity contribution in [2.24, 2.45) is 0 Å². The van der Waals surface area contributed by atoms with Crippen LogP contribution in [0.15, 0.2) is 79.4 Å². The molecule has 4 aromatic rings. The number of nitrogens with zero attached hydrogens (tertiary/aromatic N) is 4. The minimum absolute atomic E-state index is 0.0685. The van der Waals surface area contributed by atoms with Crippen molar-refractivity contribution >= 4 is 23.1 Å². The van der Waals surface area contributed by atoms with Gasteiger partial charge in [-0.25, -0.2) is 4.98 Å². The number of ether oxygens (including phenoxy) is 2. The van der Waals surface area contributed by atoms with Gasteiger partial charge in [0, 0.05) is 49.4 Å². The van der Waals surface area contributed by atoms with Gasteiger partial charge in [-0.15, -0.1) is 0 Å². The number of aromatic nitrogens is 3. The number of nitrogens with one attached hydrogen (secondary N) is 1. The van der Waals surface area contributed by atoms with E-state index >= 15 is 0 Å². The van der Waals surface area contributed by atoms with E-state index in [4.69, 9.17) is 15.2 Å². The van der Waals surface area contributed by atoms with Gasteiger partial charge in [0.15, 0.2) is 24.0 Å². The molecule has 0 aliphatic carbocycles. The summed E-state index contributed by atoms with van der Waals surface area (Å²) < 4.78 is 11.2. The standard InChI is InChI=1S/C30H30N6O4/c1-19(37)23-14-25(33-16-28(23)39-4)20-6-5-7-22(12-20)35-18-40-29-17-34-26(21-8-10-32-30(31)13-21)15-24(29)27(38)9-11-36(2)3/h5-17,35H,18H2,1-4H3,(H2,31,32)/b11-9+. The lowest BCUT2D eigenvalue weighted by Gasteiger charge is -2.14. The van der Waals surface area contributed by atoms with Crippen molar-refractivity contribution in [3.63, 3.8) is 0 Å². The van der Waals surface area contributed by atoms with Gasteiger partial charge in [0.05, 0.1) is 42.0 Å². The van der Waals surface area contributed by atoms with Crippen molar-refractivity contribution < 1.29 is 19.1 Å². The lowest BCUT2D eigenvalue weighted by atomic mass is 10.1. The van der Waals surface area contributed by atoms with Crippen LogP contribution in [0, 0.1) is 0 Å². The van der Waals surface area contributed by atoms with Crippen LogP contribution in [-0.2, 0) is 0 Å². The third kappa shape index (κ3) is 6.79. The van der Waals surface area contributed by atoms with Crippen LogP contribution in [0.4, 0.5) is 11.5 Å². The second-order valence-corrected chi connectivity index (χ2v) is 9.05. The predicted octanol–water partition coefficient (Wildman–Crippen LogP) is 4.71. The Hall–Kier alpha value is -5.25. The number of anilines is 2. The molecule has 10 heteroatoms. The van der Waals surface area contributed by atoms with Gasteiger partial charge >= 0.3 is 0 Å². The van der Waals surface area contributed by atoms with E-state index in [2.05, 4.69) is 20.3 Å². The highest BCUT2D eigenvalue weighted by molar-refractivity contribution is 6.07. The maximum absolute atomic E-state index is 13.1. The van der Waals surface area contributed by atoms with Crippen LogP contribution in [0.5, 0.6) is 11.5 Å². The highest BCUT2D eigenvalue weighted by Gasteiger charge is 2.15. The third-order valence-corrected chi connectivity index (χ3v) is 5.86. The quantitative estimate of drug-likeness (QED) is 0.157. The van der Waals surface area contributed by atoms with Crippen LogP contribution >= 0.6 is 0 Å². The summed E-state index contributed by atoms with van der Waals surface area (Å²) in [7, 11) is 5.17. The Bertz CT molecular complexity index is 1570. The van der Waals surface area contributed by atoms with Gasteiger partial charge in [0.2, 0.25) is 0 Å². The molecule has 40 heavy (non-hydrogen) atoms. The van der Waals surface area contributed by atoms with Gasteiger partial charge in [-0.2, -0.15) is 0 Å². The summed E-state index contributed by atoms with van der Waals surface area (Å²) in [5, 5.41) is 3.20. The Balaban J connectivity index is 1.54. The lowest BCUT2D eigenvalue weighted by molar-refractivity contribution is 0.101. The first-order valence-electron chi connectivity index (χ1n) is 12.4. The van der Waals surface area contributed by atoms with E-state index < -0.39 is 0 Å². The Morgan fingerprint density at radius 1 is 0.950 bits per heavy atom. The zero-order valence-electron chi connectivity index (χ0n) is 22.7. The molecule has 0 atom stereocenters. The number of hydrogen-bond donors (Lipinski definition) is 2. The number of nitrogens with two attached hydrogens (primary N) is 1. The molecular weight excluding hydrogens is 508 g/mol. The van der Waals surface area contributed by atoms with Gasteiger partial charge in [-0.1, -0.05) is 12.1 Å². The molecule has 0 aliphatic rings.